The number of aromatic nitrogens is 3. The largest absolute Gasteiger partial charge is 0.383 e. The first-order valence-corrected chi connectivity index (χ1v) is 9.24. The SMILES string of the molecule is Cc1c(NCC(C)(C)c2ccccc2)ccc2nc(NC(=O)C(C)C)nn12. The Bertz CT molecular complexity index is 944. The van der Waals surface area contributed by atoms with E-state index in [2.05, 4.69) is 58.8 Å². The lowest BCUT2D eigenvalue weighted by Crippen LogP contribution is -2.28. The molecule has 0 bridgehead atoms. The lowest BCUT2D eigenvalue weighted by atomic mass is 9.84. The fourth-order valence-corrected chi connectivity index (χ4v) is 2.87. The van der Waals surface area contributed by atoms with Crippen molar-refractivity contribution in [3.05, 3.63) is 53.7 Å². The van der Waals surface area contributed by atoms with Gasteiger partial charge in [-0.25, -0.2) is 4.52 Å². The number of carbonyl (C=O) groups excluding carboxylic acids is 1. The van der Waals surface area contributed by atoms with E-state index in [1.165, 1.54) is 5.56 Å². The Kier molecular flexibility index (Phi) is 5.17. The molecule has 6 nitrogen and oxygen atoms in total. The van der Waals surface area contributed by atoms with Crippen LogP contribution >= 0.6 is 0 Å². The second kappa shape index (κ2) is 7.39. The fourth-order valence-electron chi connectivity index (χ4n) is 2.87. The molecule has 1 amide bonds. The Morgan fingerprint density at radius 3 is 2.52 bits per heavy atom. The van der Waals surface area contributed by atoms with Gasteiger partial charge in [0.05, 0.1) is 11.4 Å². The van der Waals surface area contributed by atoms with Crippen molar-refractivity contribution in [3.63, 3.8) is 0 Å². The predicted molar refractivity (Wildman–Crippen MR) is 109 cm³/mol. The maximum Gasteiger partial charge on any atom is 0.249 e. The van der Waals surface area contributed by atoms with Gasteiger partial charge in [0.25, 0.3) is 0 Å². The van der Waals surface area contributed by atoms with Crippen LogP contribution in [0.15, 0.2) is 42.5 Å². The van der Waals surface area contributed by atoms with Crippen LogP contribution in [0.25, 0.3) is 5.65 Å². The van der Waals surface area contributed by atoms with Crippen LogP contribution in [0.4, 0.5) is 11.6 Å². The summed E-state index contributed by atoms with van der Waals surface area (Å²) >= 11 is 0. The number of nitrogens with zero attached hydrogens (tertiary/aromatic N) is 3. The summed E-state index contributed by atoms with van der Waals surface area (Å²) in [6, 6.07) is 14.4. The zero-order chi connectivity index (χ0) is 19.6. The van der Waals surface area contributed by atoms with Crippen molar-refractivity contribution in [2.45, 2.75) is 40.0 Å². The number of pyridine rings is 1. The first-order valence-electron chi connectivity index (χ1n) is 9.24. The van der Waals surface area contributed by atoms with Crippen molar-refractivity contribution < 1.29 is 4.79 Å². The molecule has 0 spiro atoms. The molecular weight excluding hydrogens is 338 g/mol. The Hall–Kier alpha value is -2.89. The van der Waals surface area contributed by atoms with Crippen molar-refractivity contribution in [1.82, 2.24) is 14.6 Å². The van der Waals surface area contributed by atoms with Crippen LogP contribution < -0.4 is 10.6 Å². The van der Waals surface area contributed by atoms with Gasteiger partial charge in [-0.1, -0.05) is 58.0 Å². The standard InChI is InChI=1S/C21H27N5O/c1-14(2)19(27)24-20-23-18-12-11-17(15(3)26(18)25-20)22-13-21(4,5)16-9-7-6-8-10-16/h6-12,14,22H,13H2,1-5H3,(H,24,25,27). The van der Waals surface area contributed by atoms with Gasteiger partial charge >= 0.3 is 0 Å². The average Bonchev–Trinajstić information content (AvgIpc) is 3.05. The Labute approximate surface area is 160 Å². The molecule has 0 unspecified atom stereocenters. The molecule has 1 aromatic carbocycles. The van der Waals surface area contributed by atoms with E-state index in [1.54, 1.807) is 4.52 Å². The molecule has 2 N–H and O–H groups in total. The number of anilines is 2. The second-order valence-electron chi connectivity index (χ2n) is 7.79. The summed E-state index contributed by atoms with van der Waals surface area (Å²) in [6.07, 6.45) is 0. The molecule has 27 heavy (non-hydrogen) atoms. The minimum absolute atomic E-state index is 0.0125. The third kappa shape index (κ3) is 4.10. The molecule has 142 valence electrons. The summed E-state index contributed by atoms with van der Waals surface area (Å²) in [5, 5.41) is 10.7. The Morgan fingerprint density at radius 2 is 1.85 bits per heavy atom. The van der Waals surface area contributed by atoms with Crippen LogP contribution in [0.2, 0.25) is 0 Å². The molecule has 0 saturated carbocycles. The van der Waals surface area contributed by atoms with Crippen molar-refractivity contribution in [1.29, 1.82) is 0 Å². The topological polar surface area (TPSA) is 71.3 Å². The molecule has 3 aromatic rings. The van der Waals surface area contributed by atoms with E-state index in [1.807, 2.05) is 39.0 Å². The minimum Gasteiger partial charge on any atom is -0.383 e. The summed E-state index contributed by atoms with van der Waals surface area (Å²) in [6.45, 7) is 10.9. The number of benzene rings is 1. The fraction of sp³-hybridized carbons (Fsp3) is 0.381. The summed E-state index contributed by atoms with van der Waals surface area (Å²) in [5.74, 6) is 0.125. The molecule has 0 aliphatic carbocycles. The van der Waals surface area contributed by atoms with Gasteiger partial charge in [-0.15, -0.1) is 5.10 Å². The Balaban J connectivity index is 1.79. The lowest BCUT2D eigenvalue weighted by molar-refractivity contribution is -0.118. The first-order chi connectivity index (χ1) is 12.8. The zero-order valence-corrected chi connectivity index (χ0v) is 16.6. The number of amides is 1. The van der Waals surface area contributed by atoms with Crippen LogP contribution in [0.1, 0.15) is 39.0 Å². The van der Waals surface area contributed by atoms with Gasteiger partial charge in [0.1, 0.15) is 0 Å². The average molecular weight is 365 g/mol. The first kappa shape index (κ1) is 18.9. The van der Waals surface area contributed by atoms with Crippen LogP contribution in [0.3, 0.4) is 0 Å². The highest BCUT2D eigenvalue weighted by Gasteiger charge is 2.21. The molecule has 0 aliphatic rings. The highest BCUT2D eigenvalue weighted by molar-refractivity contribution is 5.90. The molecular formula is C21H27N5O. The van der Waals surface area contributed by atoms with E-state index < -0.39 is 0 Å². The third-order valence-corrected chi connectivity index (χ3v) is 4.77. The molecule has 0 fully saturated rings. The molecule has 0 atom stereocenters. The number of rotatable bonds is 6. The van der Waals surface area contributed by atoms with Crippen LogP contribution in [0.5, 0.6) is 0 Å². The van der Waals surface area contributed by atoms with Gasteiger partial charge in [-0.2, -0.15) is 4.98 Å². The van der Waals surface area contributed by atoms with E-state index in [0.717, 1.165) is 17.9 Å². The quantitative estimate of drug-likeness (QED) is 0.692. The summed E-state index contributed by atoms with van der Waals surface area (Å²) in [5.41, 5.74) is 3.93. The summed E-state index contributed by atoms with van der Waals surface area (Å²) < 4.78 is 1.76. The van der Waals surface area contributed by atoms with E-state index in [9.17, 15) is 4.79 Å². The maximum atomic E-state index is 11.9. The highest BCUT2D eigenvalue weighted by atomic mass is 16.2. The van der Waals surface area contributed by atoms with Crippen LogP contribution in [-0.2, 0) is 10.2 Å². The molecule has 6 heteroatoms. The number of aryl methyl sites for hydroxylation is 1. The number of fused-ring (bicyclic) bond motifs is 1. The minimum atomic E-state index is -0.116. The summed E-state index contributed by atoms with van der Waals surface area (Å²) in [4.78, 5) is 16.3. The van der Waals surface area contributed by atoms with Crippen LogP contribution in [-0.4, -0.2) is 27.0 Å². The van der Waals surface area contributed by atoms with Gasteiger partial charge in [-0.05, 0) is 24.6 Å². The number of carbonyl (C=O) groups is 1. The molecule has 0 saturated heterocycles. The molecule has 3 rings (SSSR count). The maximum absolute atomic E-state index is 11.9. The van der Waals surface area contributed by atoms with Crippen molar-refractivity contribution in [2.24, 2.45) is 5.92 Å². The predicted octanol–water partition coefficient (Wildman–Crippen LogP) is 4.02. The third-order valence-electron chi connectivity index (χ3n) is 4.77. The molecule has 2 aromatic heterocycles. The van der Waals surface area contributed by atoms with E-state index in [0.29, 0.717) is 11.6 Å². The van der Waals surface area contributed by atoms with Gasteiger partial charge in [0.2, 0.25) is 11.9 Å². The number of nitrogens with one attached hydrogen (secondary N) is 2. The Morgan fingerprint density at radius 1 is 1.15 bits per heavy atom. The molecule has 0 radical (unpaired) electrons. The van der Waals surface area contributed by atoms with E-state index in [-0.39, 0.29) is 17.2 Å². The number of hydrogen-bond donors (Lipinski definition) is 2. The molecule has 0 aliphatic heterocycles. The van der Waals surface area contributed by atoms with Crippen molar-refractivity contribution in [2.75, 3.05) is 17.2 Å². The second-order valence-corrected chi connectivity index (χ2v) is 7.79. The van der Waals surface area contributed by atoms with E-state index >= 15 is 0 Å². The monoisotopic (exact) mass is 365 g/mol. The van der Waals surface area contributed by atoms with Crippen LogP contribution in [0, 0.1) is 12.8 Å². The van der Waals surface area contributed by atoms with Gasteiger partial charge in [-0.3, -0.25) is 10.1 Å². The summed E-state index contributed by atoms with van der Waals surface area (Å²) in [7, 11) is 0. The van der Waals surface area contributed by atoms with Gasteiger partial charge in [0, 0.05) is 17.9 Å². The van der Waals surface area contributed by atoms with Crippen molar-refractivity contribution in [3.8, 4) is 0 Å². The van der Waals surface area contributed by atoms with E-state index in [4.69, 9.17) is 0 Å². The highest BCUT2D eigenvalue weighted by Crippen LogP contribution is 2.25. The smallest absolute Gasteiger partial charge is 0.249 e. The zero-order valence-electron chi connectivity index (χ0n) is 16.6. The van der Waals surface area contributed by atoms with Gasteiger partial charge in [0.15, 0.2) is 5.65 Å². The van der Waals surface area contributed by atoms with Gasteiger partial charge < -0.3 is 5.32 Å². The normalized spacial score (nSPS) is 11.8. The van der Waals surface area contributed by atoms with Crippen molar-refractivity contribution >= 4 is 23.2 Å². The molecule has 2 heterocycles. The number of hydrogen-bond acceptors (Lipinski definition) is 4. The lowest BCUT2D eigenvalue weighted by Gasteiger charge is -2.26.